The lowest BCUT2D eigenvalue weighted by Crippen LogP contribution is -2.41. The summed E-state index contributed by atoms with van der Waals surface area (Å²) < 4.78 is 37.5. The van der Waals surface area contributed by atoms with E-state index in [1.54, 1.807) is 0 Å². The van der Waals surface area contributed by atoms with Gasteiger partial charge in [0.1, 0.15) is 6.04 Å². The summed E-state index contributed by atoms with van der Waals surface area (Å²) in [5, 5.41) is 11.0. The highest BCUT2D eigenvalue weighted by molar-refractivity contribution is 5.82. The lowest BCUT2D eigenvalue weighted by Gasteiger charge is -2.14. The van der Waals surface area contributed by atoms with E-state index in [0.29, 0.717) is 0 Å². The van der Waals surface area contributed by atoms with E-state index >= 15 is 0 Å². The summed E-state index contributed by atoms with van der Waals surface area (Å²) in [7, 11) is 0. The molecule has 0 saturated carbocycles. The monoisotopic (exact) mass is 275 g/mol. The molecule has 0 aliphatic carbocycles. The lowest BCUT2D eigenvalue weighted by molar-refractivity contribution is -0.141. The van der Waals surface area contributed by atoms with Crippen molar-refractivity contribution in [3.8, 4) is 0 Å². The fraction of sp³-hybridized carbons (Fsp3) is 0.333. The largest absolute Gasteiger partial charge is 0.480 e. The van der Waals surface area contributed by atoms with Gasteiger partial charge in [-0.2, -0.15) is 13.2 Å². The van der Waals surface area contributed by atoms with Crippen molar-refractivity contribution in [1.29, 1.82) is 0 Å². The summed E-state index contributed by atoms with van der Waals surface area (Å²) in [6, 6.07) is 3.11. The zero-order chi connectivity index (χ0) is 14.6. The lowest BCUT2D eigenvalue weighted by atomic mass is 10.0. The number of hydrogen-bond acceptors (Lipinski definition) is 2. The third-order valence-corrected chi connectivity index (χ3v) is 2.37. The third-order valence-electron chi connectivity index (χ3n) is 2.37. The molecule has 0 fully saturated rings. The summed E-state index contributed by atoms with van der Waals surface area (Å²) in [6.45, 7) is 1.14. The van der Waals surface area contributed by atoms with Gasteiger partial charge in [-0.05, 0) is 11.6 Å². The third kappa shape index (κ3) is 4.61. The number of nitrogens with one attached hydrogen (secondary N) is 1. The van der Waals surface area contributed by atoms with Gasteiger partial charge in [-0.25, -0.2) is 4.79 Å². The minimum absolute atomic E-state index is 0.191. The fourth-order valence-corrected chi connectivity index (χ4v) is 1.56. The van der Waals surface area contributed by atoms with Gasteiger partial charge < -0.3 is 10.4 Å². The topological polar surface area (TPSA) is 66.4 Å². The molecule has 0 aliphatic rings. The van der Waals surface area contributed by atoms with E-state index in [1.165, 1.54) is 12.1 Å². The van der Waals surface area contributed by atoms with E-state index in [4.69, 9.17) is 5.11 Å². The molecule has 1 atom stereocenters. The molecule has 7 heteroatoms. The highest BCUT2D eigenvalue weighted by Gasteiger charge is 2.30. The second-order valence-electron chi connectivity index (χ2n) is 3.99. The van der Waals surface area contributed by atoms with Gasteiger partial charge >= 0.3 is 12.1 Å². The van der Waals surface area contributed by atoms with Gasteiger partial charge in [0.25, 0.3) is 0 Å². The van der Waals surface area contributed by atoms with Gasteiger partial charge in [-0.1, -0.05) is 18.2 Å². The number of rotatable bonds is 4. The number of halogens is 3. The van der Waals surface area contributed by atoms with E-state index in [9.17, 15) is 22.8 Å². The Labute approximate surface area is 107 Å². The molecule has 0 aliphatic heterocycles. The molecule has 4 nitrogen and oxygen atoms in total. The Balaban J connectivity index is 2.91. The van der Waals surface area contributed by atoms with Crippen molar-refractivity contribution in [2.45, 2.75) is 25.6 Å². The SMILES string of the molecule is CC(=O)NC(Cc1cccc(C(F)(F)F)c1)C(=O)O. The molecule has 1 aromatic carbocycles. The maximum absolute atomic E-state index is 12.5. The second kappa shape index (κ2) is 5.73. The Hall–Kier alpha value is -2.05. The first-order valence-corrected chi connectivity index (χ1v) is 5.36. The van der Waals surface area contributed by atoms with Gasteiger partial charge in [0.15, 0.2) is 0 Å². The number of hydrogen-bond donors (Lipinski definition) is 2. The Kier molecular flexibility index (Phi) is 4.52. The van der Waals surface area contributed by atoms with Crippen LogP contribution in [0.4, 0.5) is 13.2 Å². The highest BCUT2D eigenvalue weighted by Crippen LogP contribution is 2.29. The van der Waals surface area contributed by atoms with Gasteiger partial charge in [-0.3, -0.25) is 4.79 Å². The average Bonchev–Trinajstić information content (AvgIpc) is 2.26. The zero-order valence-electron chi connectivity index (χ0n) is 9.99. The van der Waals surface area contributed by atoms with E-state index < -0.39 is 29.7 Å². The highest BCUT2D eigenvalue weighted by atomic mass is 19.4. The molecule has 1 aromatic rings. The number of aliphatic carboxylic acids is 1. The molecule has 1 rings (SSSR count). The number of amides is 1. The molecule has 0 aromatic heterocycles. The van der Waals surface area contributed by atoms with Crippen LogP contribution in [0.25, 0.3) is 0 Å². The first-order chi connectivity index (χ1) is 8.70. The molecule has 0 spiro atoms. The second-order valence-corrected chi connectivity index (χ2v) is 3.99. The molecule has 0 radical (unpaired) electrons. The minimum Gasteiger partial charge on any atom is -0.480 e. The van der Waals surface area contributed by atoms with Crippen LogP contribution >= 0.6 is 0 Å². The van der Waals surface area contributed by atoms with Crippen LogP contribution in [0.1, 0.15) is 18.1 Å². The number of carboxylic acids is 1. The van der Waals surface area contributed by atoms with E-state index in [-0.39, 0.29) is 12.0 Å². The minimum atomic E-state index is -4.48. The van der Waals surface area contributed by atoms with Crippen LogP contribution in [-0.4, -0.2) is 23.0 Å². The fourth-order valence-electron chi connectivity index (χ4n) is 1.56. The molecular formula is C12H12F3NO3. The Bertz CT molecular complexity index is 485. The molecule has 104 valence electrons. The molecule has 0 bridgehead atoms. The number of benzene rings is 1. The van der Waals surface area contributed by atoms with Crippen molar-refractivity contribution < 1.29 is 27.9 Å². The number of carboxylic acid groups (broad SMARTS) is 1. The molecule has 19 heavy (non-hydrogen) atoms. The van der Waals surface area contributed by atoms with Gasteiger partial charge in [0.05, 0.1) is 5.56 Å². The maximum Gasteiger partial charge on any atom is 0.416 e. The molecule has 0 saturated heterocycles. The first kappa shape index (κ1) is 15.0. The van der Waals surface area contributed by atoms with Crippen molar-refractivity contribution in [1.82, 2.24) is 5.32 Å². The Morgan fingerprint density at radius 3 is 2.47 bits per heavy atom. The normalized spacial score (nSPS) is 12.8. The summed E-state index contributed by atoms with van der Waals surface area (Å²) in [5.74, 6) is -1.85. The smallest absolute Gasteiger partial charge is 0.416 e. The van der Waals surface area contributed by atoms with Gasteiger partial charge in [0, 0.05) is 13.3 Å². The number of carbonyl (C=O) groups excluding carboxylic acids is 1. The number of alkyl halides is 3. The van der Waals surface area contributed by atoms with Crippen LogP contribution in [0.2, 0.25) is 0 Å². The van der Waals surface area contributed by atoms with Crippen LogP contribution in [0.5, 0.6) is 0 Å². The van der Waals surface area contributed by atoms with E-state index in [1.807, 2.05) is 0 Å². The summed E-state index contributed by atoms with van der Waals surface area (Å²) in [4.78, 5) is 21.7. The van der Waals surface area contributed by atoms with Crippen LogP contribution in [-0.2, 0) is 22.2 Å². The Morgan fingerprint density at radius 1 is 1.37 bits per heavy atom. The van der Waals surface area contributed by atoms with Crippen molar-refractivity contribution in [2.24, 2.45) is 0 Å². The summed E-state index contributed by atoms with van der Waals surface area (Å²) in [6.07, 6.45) is -4.69. The van der Waals surface area contributed by atoms with E-state index in [2.05, 4.69) is 5.32 Å². The summed E-state index contributed by atoms with van der Waals surface area (Å²) in [5.41, 5.74) is -0.659. The molecule has 1 amide bonds. The average molecular weight is 275 g/mol. The van der Waals surface area contributed by atoms with E-state index in [0.717, 1.165) is 19.1 Å². The van der Waals surface area contributed by atoms with Crippen molar-refractivity contribution in [2.75, 3.05) is 0 Å². The molecule has 0 heterocycles. The van der Waals surface area contributed by atoms with Crippen molar-refractivity contribution in [3.63, 3.8) is 0 Å². The van der Waals surface area contributed by atoms with Crippen LogP contribution in [0.3, 0.4) is 0 Å². The van der Waals surface area contributed by atoms with Gasteiger partial charge in [0.2, 0.25) is 5.91 Å². The summed E-state index contributed by atoms with van der Waals surface area (Å²) >= 11 is 0. The molecule has 1 unspecified atom stereocenters. The first-order valence-electron chi connectivity index (χ1n) is 5.36. The van der Waals surface area contributed by atoms with Crippen molar-refractivity contribution >= 4 is 11.9 Å². The van der Waals surface area contributed by atoms with Crippen LogP contribution in [0.15, 0.2) is 24.3 Å². The molecule has 2 N–H and O–H groups in total. The maximum atomic E-state index is 12.5. The predicted octanol–water partition coefficient (Wildman–Crippen LogP) is 1.84. The Morgan fingerprint density at radius 2 is 2.00 bits per heavy atom. The van der Waals surface area contributed by atoms with Crippen LogP contribution < -0.4 is 5.32 Å². The number of carbonyl (C=O) groups is 2. The molecular weight excluding hydrogens is 263 g/mol. The van der Waals surface area contributed by atoms with Crippen molar-refractivity contribution in [3.05, 3.63) is 35.4 Å². The predicted molar refractivity (Wildman–Crippen MR) is 60.4 cm³/mol. The van der Waals surface area contributed by atoms with Crippen LogP contribution in [0, 0.1) is 0 Å². The standard InChI is InChI=1S/C12H12F3NO3/c1-7(17)16-10(11(18)19)6-8-3-2-4-9(5-8)12(13,14)15/h2-5,10H,6H2,1H3,(H,16,17)(H,18,19). The van der Waals surface area contributed by atoms with Gasteiger partial charge in [-0.15, -0.1) is 0 Å². The quantitative estimate of drug-likeness (QED) is 0.881. The zero-order valence-corrected chi connectivity index (χ0v) is 9.99.